The molecule has 1 aromatic heterocycles. The Labute approximate surface area is 137 Å². The lowest BCUT2D eigenvalue weighted by Gasteiger charge is -2.16. The smallest absolute Gasteiger partial charge is 0.434 e. The molecule has 0 aliphatic carbocycles. The molecule has 24 heavy (non-hydrogen) atoms. The van der Waals surface area contributed by atoms with E-state index in [-0.39, 0.29) is 29.4 Å². The predicted octanol–water partition coefficient (Wildman–Crippen LogP) is 0.193. The van der Waals surface area contributed by atoms with Crippen LogP contribution >= 0.6 is 0 Å². The van der Waals surface area contributed by atoms with Gasteiger partial charge in [0.2, 0.25) is 5.91 Å². The molecule has 0 aromatic carbocycles. The number of rotatable bonds is 4. The van der Waals surface area contributed by atoms with E-state index in [0.29, 0.717) is 19.4 Å². The van der Waals surface area contributed by atoms with E-state index in [0.717, 1.165) is 26.0 Å². The zero-order valence-corrected chi connectivity index (χ0v) is 13.5. The van der Waals surface area contributed by atoms with Crippen LogP contribution in [-0.4, -0.2) is 66.5 Å². The molecule has 10 heteroatoms. The molecule has 0 unspecified atom stereocenters. The van der Waals surface area contributed by atoms with Gasteiger partial charge in [-0.05, 0) is 6.42 Å². The number of carbonyl (C=O) groups is 4. The third-order valence-electron chi connectivity index (χ3n) is 3.61. The Morgan fingerprint density at radius 2 is 1.75 bits per heavy atom. The fourth-order valence-corrected chi connectivity index (χ4v) is 2.44. The number of nitrogens with zero attached hydrogens (tertiary/aromatic N) is 3. The molecule has 10 nitrogen and oxygen atoms in total. The molecule has 1 saturated heterocycles. The van der Waals surface area contributed by atoms with Gasteiger partial charge in [-0.3, -0.25) is 4.79 Å². The Morgan fingerprint density at radius 3 is 2.25 bits per heavy atom. The summed E-state index contributed by atoms with van der Waals surface area (Å²) in [5.74, 6) is -1.90. The van der Waals surface area contributed by atoms with E-state index in [1.54, 1.807) is 0 Å². The molecule has 0 spiro atoms. The van der Waals surface area contributed by atoms with Crippen LogP contribution in [0, 0.1) is 0 Å². The number of methoxy groups -OCH3 is 3. The number of esters is 2. The van der Waals surface area contributed by atoms with E-state index in [1.165, 1.54) is 4.90 Å². The van der Waals surface area contributed by atoms with Gasteiger partial charge in [-0.25, -0.2) is 14.4 Å². The number of likely N-dealkylation sites (tertiary alicyclic amines) is 1. The fraction of sp³-hybridized carbons (Fsp3) is 0.500. The first-order chi connectivity index (χ1) is 11.4. The minimum Gasteiger partial charge on any atom is -0.465 e. The molecule has 0 radical (unpaired) electrons. The van der Waals surface area contributed by atoms with Crippen molar-refractivity contribution in [1.82, 2.24) is 14.7 Å². The van der Waals surface area contributed by atoms with Crippen molar-refractivity contribution in [3.63, 3.8) is 0 Å². The largest absolute Gasteiger partial charge is 0.465 e. The van der Waals surface area contributed by atoms with Gasteiger partial charge in [0.05, 0.1) is 33.6 Å². The van der Waals surface area contributed by atoms with Gasteiger partial charge in [0.25, 0.3) is 0 Å². The molecule has 0 saturated carbocycles. The summed E-state index contributed by atoms with van der Waals surface area (Å²) in [5.41, 5.74) is -0.574. The molecule has 0 N–H and O–H groups in total. The Balaban J connectivity index is 2.59. The summed E-state index contributed by atoms with van der Waals surface area (Å²) in [6.45, 7) is 0.391. The average molecular weight is 339 g/mol. The first-order valence-corrected chi connectivity index (χ1v) is 7.09. The highest BCUT2D eigenvalue weighted by Crippen LogP contribution is 2.22. The molecule has 1 amide bonds. The minimum absolute atomic E-state index is 0.0318. The molecular formula is C14H17N3O7. The highest BCUT2D eigenvalue weighted by Gasteiger charge is 2.34. The van der Waals surface area contributed by atoms with Crippen molar-refractivity contribution in [1.29, 1.82) is 0 Å². The monoisotopic (exact) mass is 339 g/mol. The van der Waals surface area contributed by atoms with Gasteiger partial charge >= 0.3 is 18.0 Å². The average Bonchev–Trinajstić information content (AvgIpc) is 3.17. The van der Waals surface area contributed by atoms with E-state index in [2.05, 4.69) is 19.3 Å². The maximum Gasteiger partial charge on any atom is 0.434 e. The van der Waals surface area contributed by atoms with Crippen molar-refractivity contribution >= 4 is 23.9 Å². The van der Waals surface area contributed by atoms with Gasteiger partial charge in [-0.1, -0.05) is 0 Å². The second-order valence-electron chi connectivity index (χ2n) is 4.95. The van der Waals surface area contributed by atoms with E-state index in [4.69, 9.17) is 0 Å². The molecule has 1 aliphatic rings. The van der Waals surface area contributed by atoms with Crippen LogP contribution < -0.4 is 0 Å². The summed E-state index contributed by atoms with van der Waals surface area (Å²) in [4.78, 5) is 49.3. The Hall–Kier alpha value is -2.91. The van der Waals surface area contributed by atoms with E-state index >= 15 is 0 Å². The quantitative estimate of drug-likeness (QED) is 0.564. The standard InChI is InChI=1S/C14H17N3O7/c1-22-12(19)10-8(7-16-6-4-5-9(16)18)17(14(21)24-3)15-11(10)13(20)23-2/h4-7H2,1-3H3. The second-order valence-corrected chi connectivity index (χ2v) is 4.95. The summed E-state index contributed by atoms with van der Waals surface area (Å²) < 4.78 is 14.6. The van der Waals surface area contributed by atoms with Crippen LogP contribution in [0.25, 0.3) is 0 Å². The van der Waals surface area contributed by atoms with Crippen LogP contribution in [0.1, 0.15) is 39.4 Å². The van der Waals surface area contributed by atoms with Crippen LogP contribution in [0.3, 0.4) is 0 Å². The van der Waals surface area contributed by atoms with Crippen molar-refractivity contribution in [2.45, 2.75) is 19.4 Å². The Bertz CT molecular complexity index is 695. The second kappa shape index (κ2) is 7.11. The molecule has 1 fully saturated rings. The molecule has 1 aliphatic heterocycles. The maximum absolute atomic E-state index is 12.1. The highest BCUT2D eigenvalue weighted by atomic mass is 16.5. The molecule has 2 heterocycles. The van der Waals surface area contributed by atoms with Gasteiger partial charge < -0.3 is 19.1 Å². The van der Waals surface area contributed by atoms with E-state index in [1.807, 2.05) is 0 Å². The first kappa shape index (κ1) is 17.4. The van der Waals surface area contributed by atoms with Crippen molar-refractivity contribution in [2.75, 3.05) is 27.9 Å². The molecule has 2 rings (SSSR count). The molecule has 0 atom stereocenters. The molecule has 0 bridgehead atoms. The number of hydrogen-bond acceptors (Lipinski definition) is 8. The Morgan fingerprint density at radius 1 is 1.08 bits per heavy atom. The lowest BCUT2D eigenvalue weighted by Crippen LogP contribution is -2.28. The number of amides is 1. The normalized spacial score (nSPS) is 13.8. The summed E-state index contributed by atoms with van der Waals surface area (Å²) in [6, 6.07) is 0. The lowest BCUT2D eigenvalue weighted by molar-refractivity contribution is -0.128. The topological polar surface area (TPSA) is 117 Å². The van der Waals surface area contributed by atoms with Crippen LogP contribution in [-0.2, 0) is 25.5 Å². The van der Waals surface area contributed by atoms with Crippen LogP contribution in [0.5, 0.6) is 0 Å². The van der Waals surface area contributed by atoms with Crippen LogP contribution in [0.4, 0.5) is 4.79 Å². The third kappa shape index (κ3) is 3.07. The van der Waals surface area contributed by atoms with Crippen LogP contribution in [0.15, 0.2) is 0 Å². The van der Waals surface area contributed by atoms with E-state index < -0.39 is 18.0 Å². The summed E-state index contributed by atoms with van der Waals surface area (Å²) in [7, 11) is 3.37. The summed E-state index contributed by atoms with van der Waals surface area (Å²) in [5, 5.41) is 3.82. The van der Waals surface area contributed by atoms with Crippen molar-refractivity contribution in [3.8, 4) is 0 Å². The molecule has 1 aromatic rings. The fourth-order valence-electron chi connectivity index (χ4n) is 2.44. The predicted molar refractivity (Wildman–Crippen MR) is 77.4 cm³/mol. The van der Waals surface area contributed by atoms with Gasteiger partial charge in [-0.2, -0.15) is 9.78 Å². The molecule has 130 valence electrons. The van der Waals surface area contributed by atoms with Gasteiger partial charge in [0.1, 0.15) is 5.56 Å². The first-order valence-electron chi connectivity index (χ1n) is 7.09. The maximum atomic E-state index is 12.1. The number of aromatic nitrogens is 2. The Kier molecular flexibility index (Phi) is 5.17. The summed E-state index contributed by atoms with van der Waals surface area (Å²) >= 11 is 0. The van der Waals surface area contributed by atoms with Crippen molar-refractivity contribution in [3.05, 3.63) is 17.0 Å². The lowest BCUT2D eigenvalue weighted by atomic mass is 10.1. The zero-order chi connectivity index (χ0) is 17.9. The SMILES string of the molecule is COC(=O)c1nn(C(=O)OC)c(CN2CCCC2=O)c1C(=O)OC. The summed E-state index contributed by atoms with van der Waals surface area (Å²) in [6.07, 6.45) is 0.142. The van der Waals surface area contributed by atoms with Crippen LogP contribution in [0.2, 0.25) is 0 Å². The van der Waals surface area contributed by atoms with Gasteiger partial charge in [-0.15, -0.1) is 0 Å². The highest BCUT2D eigenvalue weighted by molar-refractivity contribution is 6.03. The number of carbonyl (C=O) groups excluding carboxylic acids is 4. The number of hydrogen-bond donors (Lipinski definition) is 0. The van der Waals surface area contributed by atoms with Gasteiger partial charge in [0.15, 0.2) is 5.69 Å². The zero-order valence-electron chi connectivity index (χ0n) is 13.5. The minimum atomic E-state index is -0.910. The van der Waals surface area contributed by atoms with Crippen molar-refractivity contribution < 1.29 is 33.4 Å². The molecular weight excluding hydrogens is 322 g/mol. The third-order valence-corrected chi connectivity index (χ3v) is 3.61. The van der Waals surface area contributed by atoms with E-state index in [9.17, 15) is 19.2 Å². The van der Waals surface area contributed by atoms with Gasteiger partial charge in [0, 0.05) is 13.0 Å². The van der Waals surface area contributed by atoms with Crippen molar-refractivity contribution in [2.24, 2.45) is 0 Å². The number of ether oxygens (including phenoxy) is 3.